The van der Waals surface area contributed by atoms with E-state index < -0.39 is 10.1 Å². The molecule has 1 rings (SSSR count). The van der Waals surface area contributed by atoms with E-state index in [2.05, 4.69) is 4.74 Å². The van der Waals surface area contributed by atoms with Crippen molar-refractivity contribution in [2.24, 2.45) is 0 Å². The van der Waals surface area contributed by atoms with Crippen molar-refractivity contribution < 1.29 is 32.0 Å². The number of carbonyl (C=O) groups is 2. The van der Waals surface area contributed by atoms with Gasteiger partial charge in [-0.05, 0) is 36.5 Å². The summed E-state index contributed by atoms with van der Waals surface area (Å²) in [5.41, 5.74) is 0.769. The number of methoxy groups -OCH3 is 2. The normalized spacial score (nSPS) is 12.5. The van der Waals surface area contributed by atoms with E-state index in [0.29, 0.717) is 25.7 Å². The molecule has 1 aromatic rings. The predicted molar refractivity (Wildman–Crippen MR) is 86.1 cm³/mol. The molecule has 0 fully saturated rings. The number of hydrogen-bond acceptors (Lipinski definition) is 6. The van der Waals surface area contributed by atoms with Crippen LogP contribution in [-0.2, 0) is 29.2 Å². The smallest absolute Gasteiger partial charge is 0.306 e. The second-order valence-corrected chi connectivity index (χ2v) is 6.76. The maximum Gasteiger partial charge on any atom is 0.306 e. The summed E-state index contributed by atoms with van der Waals surface area (Å²) in [6.45, 7) is 0. The summed E-state index contributed by atoms with van der Waals surface area (Å²) in [5.74, 6) is -0.811. The Morgan fingerprint density at radius 2 is 1.62 bits per heavy atom. The number of esters is 2. The summed E-state index contributed by atoms with van der Waals surface area (Å²) in [6, 6.07) is 5.72. The molecule has 7 nitrogen and oxygen atoms in total. The molecule has 1 aromatic carbocycles. The third kappa shape index (κ3) is 6.67. The third-order valence-electron chi connectivity index (χ3n) is 3.70. The van der Waals surface area contributed by atoms with Gasteiger partial charge in [-0.15, -0.1) is 0 Å². The highest BCUT2D eigenvalue weighted by Crippen LogP contribution is 2.27. The minimum Gasteiger partial charge on any atom is -0.469 e. The zero-order chi connectivity index (χ0) is 18.2. The summed E-state index contributed by atoms with van der Waals surface area (Å²) >= 11 is 0. The second kappa shape index (κ2) is 9.39. The van der Waals surface area contributed by atoms with E-state index in [0.717, 1.165) is 5.56 Å². The number of rotatable bonds is 9. The van der Waals surface area contributed by atoms with Gasteiger partial charge in [0.2, 0.25) is 0 Å². The summed E-state index contributed by atoms with van der Waals surface area (Å²) in [4.78, 5) is 22.5. The van der Waals surface area contributed by atoms with Crippen LogP contribution >= 0.6 is 0 Å². The van der Waals surface area contributed by atoms with Crippen molar-refractivity contribution in [2.75, 3.05) is 14.2 Å². The molecule has 1 N–H and O–H groups in total. The predicted octanol–water partition coefficient (Wildman–Crippen LogP) is 2.31. The molecule has 0 aliphatic rings. The maximum atomic E-state index is 11.6. The zero-order valence-corrected chi connectivity index (χ0v) is 14.5. The first-order chi connectivity index (χ1) is 11.3. The molecule has 0 aliphatic carbocycles. The van der Waals surface area contributed by atoms with Gasteiger partial charge in [-0.2, -0.15) is 8.42 Å². The molecule has 1 atom stereocenters. The Morgan fingerprint density at radius 1 is 1.04 bits per heavy atom. The van der Waals surface area contributed by atoms with Gasteiger partial charge >= 0.3 is 11.9 Å². The largest absolute Gasteiger partial charge is 0.469 e. The molecule has 0 saturated carbocycles. The highest BCUT2D eigenvalue weighted by molar-refractivity contribution is 7.85. The van der Waals surface area contributed by atoms with Crippen LogP contribution in [0, 0.1) is 0 Å². The van der Waals surface area contributed by atoms with Crippen molar-refractivity contribution >= 4 is 22.1 Å². The van der Waals surface area contributed by atoms with Gasteiger partial charge < -0.3 is 9.47 Å². The first-order valence-corrected chi connectivity index (χ1v) is 8.93. The van der Waals surface area contributed by atoms with E-state index in [9.17, 15) is 18.0 Å². The van der Waals surface area contributed by atoms with E-state index in [1.807, 2.05) is 0 Å². The topological polar surface area (TPSA) is 107 Å². The van der Waals surface area contributed by atoms with E-state index in [1.165, 1.54) is 26.4 Å². The molecule has 1 unspecified atom stereocenters. The molecule has 0 aromatic heterocycles. The molecule has 8 heteroatoms. The van der Waals surface area contributed by atoms with Crippen LogP contribution in [0.3, 0.4) is 0 Å². The number of carbonyl (C=O) groups excluding carboxylic acids is 2. The van der Waals surface area contributed by atoms with Gasteiger partial charge in [-0.1, -0.05) is 18.6 Å². The summed E-state index contributed by atoms with van der Waals surface area (Å²) in [5, 5.41) is 0. The van der Waals surface area contributed by atoms with Crippen LogP contribution in [0.1, 0.15) is 43.6 Å². The molecule has 24 heavy (non-hydrogen) atoms. The molecule has 0 bridgehead atoms. The van der Waals surface area contributed by atoms with Crippen LogP contribution in [0.25, 0.3) is 0 Å². The fourth-order valence-electron chi connectivity index (χ4n) is 2.35. The van der Waals surface area contributed by atoms with Crippen LogP contribution in [0.4, 0.5) is 0 Å². The van der Waals surface area contributed by atoms with Crippen molar-refractivity contribution in [2.45, 2.75) is 42.9 Å². The van der Waals surface area contributed by atoms with Crippen molar-refractivity contribution in [3.05, 3.63) is 29.8 Å². The maximum absolute atomic E-state index is 11.6. The Morgan fingerprint density at radius 3 is 2.12 bits per heavy atom. The van der Waals surface area contributed by atoms with Gasteiger partial charge in [0, 0.05) is 6.42 Å². The number of benzene rings is 1. The number of hydrogen-bond donors (Lipinski definition) is 1. The molecule has 0 spiro atoms. The summed E-state index contributed by atoms with van der Waals surface area (Å²) < 4.78 is 40.4. The lowest BCUT2D eigenvalue weighted by Gasteiger charge is -2.16. The van der Waals surface area contributed by atoms with E-state index in [4.69, 9.17) is 9.29 Å². The lowest BCUT2D eigenvalue weighted by Crippen LogP contribution is -2.10. The fourth-order valence-corrected chi connectivity index (χ4v) is 2.83. The van der Waals surface area contributed by atoms with E-state index in [-0.39, 0.29) is 29.2 Å². The summed E-state index contributed by atoms with van der Waals surface area (Å²) in [6.07, 6.45) is 2.44. The quantitative estimate of drug-likeness (QED) is 0.410. The van der Waals surface area contributed by atoms with Crippen molar-refractivity contribution in [1.82, 2.24) is 0 Å². The fraction of sp³-hybridized carbons (Fsp3) is 0.500. The Hall–Kier alpha value is -1.93. The van der Waals surface area contributed by atoms with Crippen molar-refractivity contribution in [1.29, 1.82) is 0 Å². The average molecular weight is 358 g/mol. The van der Waals surface area contributed by atoms with Crippen LogP contribution in [0.2, 0.25) is 0 Å². The zero-order valence-electron chi connectivity index (χ0n) is 13.7. The lowest BCUT2D eigenvalue weighted by atomic mass is 9.90. The molecular weight excluding hydrogens is 336 g/mol. The Balaban J connectivity index is 2.77. The average Bonchev–Trinajstić information content (AvgIpc) is 2.56. The number of unbranched alkanes of at least 4 members (excludes halogenated alkanes) is 1. The molecule has 0 amide bonds. The molecule has 0 aliphatic heterocycles. The monoisotopic (exact) mass is 358 g/mol. The Labute approximate surface area is 141 Å². The molecule has 0 radical (unpaired) electrons. The van der Waals surface area contributed by atoms with Gasteiger partial charge in [-0.25, -0.2) is 0 Å². The first kappa shape index (κ1) is 20.1. The minimum atomic E-state index is -4.25. The van der Waals surface area contributed by atoms with Crippen molar-refractivity contribution in [3.8, 4) is 0 Å². The van der Waals surface area contributed by atoms with E-state index in [1.54, 1.807) is 12.1 Å². The molecule has 0 saturated heterocycles. The van der Waals surface area contributed by atoms with Crippen LogP contribution in [0.15, 0.2) is 29.2 Å². The molecular formula is C16H22O7S. The van der Waals surface area contributed by atoms with Gasteiger partial charge in [0.1, 0.15) is 0 Å². The van der Waals surface area contributed by atoms with Crippen LogP contribution in [-0.4, -0.2) is 39.1 Å². The van der Waals surface area contributed by atoms with Crippen LogP contribution in [0.5, 0.6) is 0 Å². The lowest BCUT2D eigenvalue weighted by molar-refractivity contribution is -0.142. The van der Waals surface area contributed by atoms with Gasteiger partial charge in [0.15, 0.2) is 0 Å². The first-order valence-electron chi connectivity index (χ1n) is 7.49. The Kier molecular flexibility index (Phi) is 7.87. The van der Waals surface area contributed by atoms with Gasteiger partial charge in [-0.3, -0.25) is 14.1 Å². The highest BCUT2D eigenvalue weighted by atomic mass is 32.2. The van der Waals surface area contributed by atoms with Gasteiger partial charge in [0.25, 0.3) is 10.1 Å². The second-order valence-electron chi connectivity index (χ2n) is 5.34. The van der Waals surface area contributed by atoms with Gasteiger partial charge in [0.05, 0.1) is 25.5 Å². The van der Waals surface area contributed by atoms with E-state index >= 15 is 0 Å². The molecule has 134 valence electrons. The molecule has 0 heterocycles. The third-order valence-corrected chi connectivity index (χ3v) is 4.57. The highest BCUT2D eigenvalue weighted by Gasteiger charge is 2.18. The summed E-state index contributed by atoms with van der Waals surface area (Å²) in [7, 11) is -1.61. The Bertz CT molecular complexity index is 650. The van der Waals surface area contributed by atoms with Crippen LogP contribution < -0.4 is 0 Å². The van der Waals surface area contributed by atoms with Crippen molar-refractivity contribution in [3.63, 3.8) is 0 Å². The number of ether oxygens (including phenoxy) is 2. The standard InChI is InChI=1S/C16H22O7S/c1-22-15(17)6-4-3-5-13(11-16(18)23-2)12-7-9-14(10-8-12)24(19,20)21/h7-10,13H,3-6,11H2,1-2H3,(H,19,20,21). The SMILES string of the molecule is COC(=O)CCCCC(CC(=O)OC)c1ccc(S(=O)(=O)O)cc1. The minimum absolute atomic E-state index is 0.153.